The van der Waals surface area contributed by atoms with Crippen molar-refractivity contribution in [1.29, 1.82) is 0 Å². The Morgan fingerprint density at radius 1 is 1.50 bits per heavy atom. The molecule has 0 radical (unpaired) electrons. The maximum Gasteiger partial charge on any atom is 0.505 e. The van der Waals surface area contributed by atoms with Gasteiger partial charge in [-0.2, -0.15) is 0 Å². The first-order valence-corrected chi connectivity index (χ1v) is 3.27. The summed E-state index contributed by atoms with van der Waals surface area (Å²) < 4.78 is 4.33. The zero-order valence-electron chi connectivity index (χ0n) is 6.68. The van der Waals surface area contributed by atoms with Crippen molar-refractivity contribution in [3.8, 4) is 0 Å². The first-order chi connectivity index (χ1) is 4.42. The van der Waals surface area contributed by atoms with Crippen LogP contribution in [0.4, 0.5) is 4.79 Å². The molecule has 0 saturated heterocycles. The Morgan fingerprint density at radius 3 is 2.30 bits per heavy atom. The highest BCUT2D eigenvalue weighted by atomic mass is 16.7. The normalized spacial score (nSPS) is 11.1. The second-order valence-corrected chi connectivity index (χ2v) is 3.43. The molecule has 0 aliphatic heterocycles. The highest BCUT2D eigenvalue weighted by Gasteiger charge is 2.10. The van der Waals surface area contributed by atoms with Gasteiger partial charge < -0.3 is 9.84 Å². The summed E-state index contributed by atoms with van der Waals surface area (Å²) in [4.78, 5) is 9.86. The van der Waals surface area contributed by atoms with E-state index >= 15 is 0 Å². The predicted molar refractivity (Wildman–Crippen MR) is 38.0 cm³/mol. The van der Waals surface area contributed by atoms with Crippen LogP contribution < -0.4 is 0 Å². The quantitative estimate of drug-likeness (QED) is 0.607. The van der Waals surface area contributed by atoms with E-state index in [2.05, 4.69) is 4.74 Å². The molecule has 0 rings (SSSR count). The zero-order chi connectivity index (χ0) is 8.20. The van der Waals surface area contributed by atoms with Gasteiger partial charge in [0.25, 0.3) is 0 Å². The Hall–Kier alpha value is -0.730. The molecule has 0 aromatic heterocycles. The summed E-state index contributed by atoms with van der Waals surface area (Å²) in [5.41, 5.74) is 0.148. The molecule has 3 nitrogen and oxygen atoms in total. The predicted octanol–water partition coefficient (Wildman–Crippen LogP) is 2.12. The molecule has 0 aromatic rings. The van der Waals surface area contributed by atoms with Gasteiger partial charge in [-0.05, 0) is 11.8 Å². The minimum Gasteiger partial charge on any atom is -0.450 e. The molecule has 0 aromatic carbocycles. The molecule has 0 heterocycles. The van der Waals surface area contributed by atoms with Gasteiger partial charge in [-0.15, -0.1) is 0 Å². The van der Waals surface area contributed by atoms with Crippen molar-refractivity contribution >= 4 is 6.16 Å². The minimum atomic E-state index is -1.19. The van der Waals surface area contributed by atoms with Crippen molar-refractivity contribution < 1.29 is 14.6 Å². The molecule has 0 atom stereocenters. The molecule has 0 bridgehead atoms. The topological polar surface area (TPSA) is 46.5 Å². The van der Waals surface area contributed by atoms with Crippen LogP contribution in [-0.4, -0.2) is 17.9 Å². The van der Waals surface area contributed by atoms with Gasteiger partial charge >= 0.3 is 6.16 Å². The Bertz CT molecular complexity index is 113. The Morgan fingerprint density at radius 2 is 2.00 bits per heavy atom. The Kier molecular flexibility index (Phi) is 3.19. The largest absolute Gasteiger partial charge is 0.505 e. The van der Waals surface area contributed by atoms with Crippen LogP contribution in [0.15, 0.2) is 0 Å². The molecule has 0 fully saturated rings. The lowest BCUT2D eigenvalue weighted by atomic mass is 9.93. The van der Waals surface area contributed by atoms with Gasteiger partial charge in [0, 0.05) is 0 Å². The zero-order valence-corrected chi connectivity index (χ0v) is 6.68. The van der Waals surface area contributed by atoms with Crippen molar-refractivity contribution in [2.45, 2.75) is 27.2 Å². The van der Waals surface area contributed by atoms with Crippen LogP contribution >= 0.6 is 0 Å². The lowest BCUT2D eigenvalue weighted by Crippen LogP contribution is -2.11. The van der Waals surface area contributed by atoms with Gasteiger partial charge in [-0.3, -0.25) is 0 Å². The smallest absolute Gasteiger partial charge is 0.450 e. The Balaban J connectivity index is 3.29. The van der Waals surface area contributed by atoms with Crippen molar-refractivity contribution in [3.05, 3.63) is 0 Å². The lowest BCUT2D eigenvalue weighted by Gasteiger charge is -2.16. The molecule has 0 saturated carbocycles. The van der Waals surface area contributed by atoms with Crippen molar-refractivity contribution in [2.75, 3.05) is 6.61 Å². The van der Waals surface area contributed by atoms with Crippen LogP contribution in [0, 0.1) is 5.41 Å². The summed E-state index contributed by atoms with van der Waals surface area (Å²) in [7, 11) is 0. The fraction of sp³-hybridized carbons (Fsp3) is 0.857. The van der Waals surface area contributed by atoms with Crippen LogP contribution in [-0.2, 0) is 4.74 Å². The van der Waals surface area contributed by atoms with E-state index in [4.69, 9.17) is 5.11 Å². The third-order valence-corrected chi connectivity index (χ3v) is 1.08. The second-order valence-electron chi connectivity index (χ2n) is 3.43. The third kappa shape index (κ3) is 7.27. The van der Waals surface area contributed by atoms with Gasteiger partial charge in [0.15, 0.2) is 0 Å². The van der Waals surface area contributed by atoms with Crippen molar-refractivity contribution in [1.82, 2.24) is 0 Å². The van der Waals surface area contributed by atoms with Crippen LogP contribution in [0.1, 0.15) is 27.2 Å². The highest BCUT2D eigenvalue weighted by Crippen LogP contribution is 2.17. The van der Waals surface area contributed by atoms with E-state index in [1.54, 1.807) is 0 Å². The number of rotatable bonds is 2. The summed E-state index contributed by atoms with van der Waals surface area (Å²) in [6.07, 6.45) is -0.427. The van der Waals surface area contributed by atoms with E-state index in [9.17, 15) is 4.79 Å². The maximum atomic E-state index is 9.86. The van der Waals surface area contributed by atoms with Crippen molar-refractivity contribution in [2.24, 2.45) is 5.41 Å². The van der Waals surface area contributed by atoms with Crippen molar-refractivity contribution in [3.63, 3.8) is 0 Å². The third-order valence-electron chi connectivity index (χ3n) is 1.08. The summed E-state index contributed by atoms with van der Waals surface area (Å²) in [6.45, 7) is 6.41. The molecule has 0 unspecified atom stereocenters. The van der Waals surface area contributed by atoms with Crippen LogP contribution in [0.25, 0.3) is 0 Å². The average molecular weight is 146 g/mol. The van der Waals surface area contributed by atoms with E-state index in [0.29, 0.717) is 6.61 Å². The second kappa shape index (κ2) is 3.44. The summed E-state index contributed by atoms with van der Waals surface area (Å²) in [6, 6.07) is 0. The number of carbonyl (C=O) groups is 1. The van der Waals surface area contributed by atoms with E-state index in [1.165, 1.54) is 0 Å². The fourth-order valence-electron chi connectivity index (χ4n) is 0.445. The maximum absolute atomic E-state index is 9.86. The van der Waals surface area contributed by atoms with E-state index < -0.39 is 6.16 Å². The summed E-state index contributed by atoms with van der Waals surface area (Å²) in [5, 5.41) is 8.09. The lowest BCUT2D eigenvalue weighted by molar-refractivity contribution is 0.0818. The number of carboxylic acid groups (broad SMARTS) is 1. The summed E-state index contributed by atoms with van der Waals surface area (Å²) in [5.74, 6) is 0. The minimum absolute atomic E-state index is 0.148. The molecule has 3 heteroatoms. The van der Waals surface area contributed by atoms with E-state index in [-0.39, 0.29) is 5.41 Å². The SMILES string of the molecule is CC(C)(C)CCOC(=O)O. The van der Waals surface area contributed by atoms with Gasteiger partial charge in [0.2, 0.25) is 0 Å². The van der Waals surface area contributed by atoms with Crippen LogP contribution in [0.2, 0.25) is 0 Å². The average Bonchev–Trinajstić information content (AvgIpc) is 1.59. The van der Waals surface area contributed by atoms with Crippen LogP contribution in [0.3, 0.4) is 0 Å². The first-order valence-electron chi connectivity index (χ1n) is 3.27. The van der Waals surface area contributed by atoms with Gasteiger partial charge in [-0.25, -0.2) is 4.79 Å². The first kappa shape index (κ1) is 9.27. The van der Waals surface area contributed by atoms with Crippen LogP contribution in [0.5, 0.6) is 0 Å². The number of ether oxygens (including phenoxy) is 1. The molecule has 0 aliphatic carbocycles. The van der Waals surface area contributed by atoms with Gasteiger partial charge in [-0.1, -0.05) is 20.8 Å². The van der Waals surface area contributed by atoms with E-state index in [1.807, 2.05) is 20.8 Å². The number of hydrogen-bond acceptors (Lipinski definition) is 2. The Labute approximate surface area is 61.0 Å². The molecule has 0 aliphatic rings. The van der Waals surface area contributed by atoms with Gasteiger partial charge in [0.1, 0.15) is 0 Å². The van der Waals surface area contributed by atoms with E-state index in [0.717, 1.165) is 6.42 Å². The highest BCUT2D eigenvalue weighted by molar-refractivity contribution is 5.56. The monoisotopic (exact) mass is 146 g/mol. The molecule has 0 spiro atoms. The fourth-order valence-corrected chi connectivity index (χ4v) is 0.445. The molecule has 10 heavy (non-hydrogen) atoms. The summed E-state index contributed by atoms with van der Waals surface area (Å²) >= 11 is 0. The molecule has 0 amide bonds. The van der Waals surface area contributed by atoms with Gasteiger partial charge in [0.05, 0.1) is 6.61 Å². The molecular weight excluding hydrogens is 132 g/mol. The number of hydrogen-bond donors (Lipinski definition) is 1. The standard InChI is InChI=1S/C7H14O3/c1-7(2,3)4-5-10-6(8)9/h4-5H2,1-3H3,(H,8,9). The molecule has 60 valence electrons. The molecular formula is C7H14O3. The molecule has 1 N–H and O–H groups in total.